The first kappa shape index (κ1) is 10.4. The molecule has 0 bridgehead atoms. The predicted octanol–water partition coefficient (Wildman–Crippen LogP) is 2.02. The van der Waals surface area contributed by atoms with Gasteiger partial charge >= 0.3 is 0 Å². The average Bonchev–Trinajstić information content (AvgIpc) is 3.17. The largest absolute Gasteiger partial charge is 0.463 e. The summed E-state index contributed by atoms with van der Waals surface area (Å²) in [6.45, 7) is 2.50. The van der Waals surface area contributed by atoms with E-state index >= 15 is 0 Å². The molecule has 0 saturated heterocycles. The van der Waals surface area contributed by atoms with Crippen LogP contribution < -0.4 is 11.1 Å². The zero-order chi connectivity index (χ0) is 11.0. The van der Waals surface area contributed by atoms with E-state index in [0.29, 0.717) is 12.0 Å². The van der Waals surface area contributed by atoms with E-state index in [9.17, 15) is 0 Å². The number of hydrogen-bond donors (Lipinski definition) is 2. The van der Waals surface area contributed by atoms with Gasteiger partial charge in [0, 0.05) is 6.54 Å². The Kier molecular flexibility index (Phi) is 2.52. The molecule has 16 heavy (non-hydrogen) atoms. The molecule has 2 fully saturated rings. The van der Waals surface area contributed by atoms with Crippen molar-refractivity contribution >= 4 is 0 Å². The Balaban J connectivity index is 1.46. The summed E-state index contributed by atoms with van der Waals surface area (Å²) in [7, 11) is 0. The van der Waals surface area contributed by atoms with Crippen molar-refractivity contribution < 1.29 is 4.42 Å². The summed E-state index contributed by atoms with van der Waals surface area (Å²) in [5, 5.41) is 3.53. The third-order valence-electron chi connectivity index (χ3n) is 4.03. The third-order valence-corrected chi connectivity index (χ3v) is 4.03. The lowest BCUT2D eigenvalue weighted by atomic mass is 10.0. The molecule has 2 aliphatic rings. The van der Waals surface area contributed by atoms with Gasteiger partial charge in [0.25, 0.3) is 0 Å². The second-order valence-electron chi connectivity index (χ2n) is 5.31. The van der Waals surface area contributed by atoms with E-state index in [1.807, 2.05) is 12.1 Å². The van der Waals surface area contributed by atoms with Gasteiger partial charge in [0.05, 0.1) is 13.1 Å². The van der Waals surface area contributed by atoms with Crippen molar-refractivity contribution in [2.75, 3.05) is 6.54 Å². The Labute approximate surface area is 96.4 Å². The van der Waals surface area contributed by atoms with Gasteiger partial charge in [-0.2, -0.15) is 0 Å². The molecule has 2 saturated carbocycles. The van der Waals surface area contributed by atoms with Crippen molar-refractivity contribution in [3.63, 3.8) is 0 Å². The van der Waals surface area contributed by atoms with Gasteiger partial charge < -0.3 is 15.5 Å². The molecule has 3 nitrogen and oxygen atoms in total. The highest BCUT2D eigenvalue weighted by atomic mass is 16.3. The van der Waals surface area contributed by atoms with Gasteiger partial charge in [0.2, 0.25) is 0 Å². The number of nitrogens with one attached hydrogen (secondary N) is 1. The lowest BCUT2D eigenvalue weighted by Crippen LogP contribution is -2.24. The lowest BCUT2D eigenvalue weighted by molar-refractivity contribution is 0.382. The molecule has 1 aromatic heterocycles. The summed E-state index contributed by atoms with van der Waals surface area (Å²) in [6, 6.07) is 3.98. The Morgan fingerprint density at radius 3 is 2.62 bits per heavy atom. The molecular weight excluding hydrogens is 200 g/mol. The minimum Gasteiger partial charge on any atom is -0.463 e. The minimum atomic E-state index is 0.492. The fourth-order valence-corrected chi connectivity index (χ4v) is 2.65. The fraction of sp³-hybridized carbons (Fsp3) is 0.692. The molecule has 0 aromatic carbocycles. The molecule has 3 N–H and O–H groups in total. The van der Waals surface area contributed by atoms with Crippen LogP contribution in [0.2, 0.25) is 0 Å². The summed E-state index contributed by atoms with van der Waals surface area (Å²) in [4.78, 5) is 0. The Morgan fingerprint density at radius 2 is 2.06 bits per heavy atom. The highest BCUT2D eigenvalue weighted by Crippen LogP contribution is 2.60. The summed E-state index contributed by atoms with van der Waals surface area (Å²) < 4.78 is 5.56. The number of nitrogens with two attached hydrogens (primary N) is 1. The number of furan rings is 1. The van der Waals surface area contributed by atoms with Gasteiger partial charge in [0.15, 0.2) is 0 Å². The molecule has 0 radical (unpaired) electrons. The zero-order valence-corrected chi connectivity index (χ0v) is 9.67. The average molecular weight is 220 g/mol. The Morgan fingerprint density at radius 1 is 1.31 bits per heavy atom. The lowest BCUT2D eigenvalue weighted by Gasteiger charge is -2.14. The molecule has 0 atom stereocenters. The molecule has 0 unspecified atom stereocenters. The maximum Gasteiger partial charge on any atom is 0.118 e. The molecule has 3 heteroatoms. The van der Waals surface area contributed by atoms with Crippen LogP contribution in [-0.4, -0.2) is 6.54 Å². The molecular formula is C13H20N2O. The molecule has 1 heterocycles. The van der Waals surface area contributed by atoms with Crippen LogP contribution in [0.1, 0.15) is 37.2 Å². The topological polar surface area (TPSA) is 51.2 Å². The molecule has 88 valence electrons. The van der Waals surface area contributed by atoms with Gasteiger partial charge in [-0.25, -0.2) is 0 Å². The van der Waals surface area contributed by atoms with Crippen molar-refractivity contribution in [1.82, 2.24) is 5.32 Å². The number of hydrogen-bond acceptors (Lipinski definition) is 3. The van der Waals surface area contributed by atoms with Crippen LogP contribution in [0.25, 0.3) is 0 Å². The predicted molar refractivity (Wildman–Crippen MR) is 62.7 cm³/mol. The van der Waals surface area contributed by atoms with Crippen LogP contribution in [-0.2, 0) is 13.1 Å². The highest BCUT2D eigenvalue weighted by Gasteiger charge is 2.53. The van der Waals surface area contributed by atoms with Crippen LogP contribution in [0.15, 0.2) is 16.5 Å². The van der Waals surface area contributed by atoms with E-state index in [1.165, 1.54) is 25.7 Å². The van der Waals surface area contributed by atoms with Crippen molar-refractivity contribution in [2.45, 2.75) is 38.8 Å². The van der Waals surface area contributed by atoms with Crippen LogP contribution in [0.5, 0.6) is 0 Å². The van der Waals surface area contributed by atoms with E-state index in [-0.39, 0.29) is 0 Å². The van der Waals surface area contributed by atoms with E-state index in [0.717, 1.165) is 30.5 Å². The second kappa shape index (κ2) is 3.90. The maximum atomic E-state index is 5.56. The summed E-state index contributed by atoms with van der Waals surface area (Å²) >= 11 is 0. The Hall–Kier alpha value is -0.800. The minimum absolute atomic E-state index is 0.492. The smallest absolute Gasteiger partial charge is 0.118 e. The first-order chi connectivity index (χ1) is 7.82. The molecule has 1 aromatic rings. The maximum absolute atomic E-state index is 5.56. The SMILES string of the molecule is NCc1ccc(CNCC2(C3CC3)CC2)o1. The van der Waals surface area contributed by atoms with Crippen molar-refractivity contribution in [3.8, 4) is 0 Å². The van der Waals surface area contributed by atoms with E-state index in [1.54, 1.807) is 0 Å². The summed E-state index contributed by atoms with van der Waals surface area (Å²) in [5.74, 6) is 2.91. The molecule has 3 rings (SSSR count). The fourth-order valence-electron chi connectivity index (χ4n) is 2.65. The highest BCUT2D eigenvalue weighted by molar-refractivity contribution is 5.08. The summed E-state index contributed by atoms with van der Waals surface area (Å²) in [6.07, 6.45) is 5.77. The molecule has 0 amide bonds. The van der Waals surface area contributed by atoms with E-state index in [4.69, 9.17) is 10.2 Å². The zero-order valence-electron chi connectivity index (χ0n) is 9.67. The standard InChI is InChI=1S/C13H20N2O/c14-7-11-3-4-12(16-11)8-15-9-13(5-6-13)10-1-2-10/h3-4,10,15H,1-2,5-9,14H2. The van der Waals surface area contributed by atoms with Gasteiger partial charge in [-0.1, -0.05) is 0 Å². The van der Waals surface area contributed by atoms with Crippen LogP contribution in [0, 0.1) is 11.3 Å². The van der Waals surface area contributed by atoms with Crippen LogP contribution >= 0.6 is 0 Å². The van der Waals surface area contributed by atoms with Gasteiger partial charge in [-0.3, -0.25) is 0 Å². The van der Waals surface area contributed by atoms with Gasteiger partial charge in [0.1, 0.15) is 11.5 Å². The third kappa shape index (κ3) is 2.02. The monoisotopic (exact) mass is 220 g/mol. The summed E-state index contributed by atoms with van der Waals surface area (Å²) in [5.41, 5.74) is 6.17. The Bertz CT molecular complexity index is 364. The number of rotatable bonds is 6. The van der Waals surface area contributed by atoms with E-state index in [2.05, 4.69) is 5.32 Å². The van der Waals surface area contributed by atoms with Crippen LogP contribution in [0.4, 0.5) is 0 Å². The van der Waals surface area contributed by atoms with Gasteiger partial charge in [-0.05, 0) is 49.1 Å². The quantitative estimate of drug-likeness (QED) is 0.771. The van der Waals surface area contributed by atoms with E-state index < -0.39 is 0 Å². The van der Waals surface area contributed by atoms with Gasteiger partial charge in [-0.15, -0.1) is 0 Å². The van der Waals surface area contributed by atoms with Crippen molar-refractivity contribution in [1.29, 1.82) is 0 Å². The van der Waals surface area contributed by atoms with Crippen molar-refractivity contribution in [2.24, 2.45) is 17.1 Å². The molecule has 0 spiro atoms. The van der Waals surface area contributed by atoms with Crippen molar-refractivity contribution in [3.05, 3.63) is 23.7 Å². The molecule has 0 aliphatic heterocycles. The molecule has 2 aliphatic carbocycles. The normalized spacial score (nSPS) is 22.3. The van der Waals surface area contributed by atoms with Crippen LogP contribution in [0.3, 0.4) is 0 Å². The first-order valence-electron chi connectivity index (χ1n) is 6.31. The first-order valence-corrected chi connectivity index (χ1v) is 6.31. The second-order valence-corrected chi connectivity index (χ2v) is 5.31.